The third-order valence-corrected chi connectivity index (χ3v) is 8.06. The van der Waals surface area contributed by atoms with Crippen molar-refractivity contribution in [3.8, 4) is 27.9 Å². The summed E-state index contributed by atoms with van der Waals surface area (Å²) in [5.41, 5.74) is 2.18. The van der Waals surface area contributed by atoms with Gasteiger partial charge in [-0.3, -0.25) is 14.3 Å². The lowest BCUT2D eigenvalue weighted by Gasteiger charge is -2.34. The van der Waals surface area contributed by atoms with E-state index in [0.717, 1.165) is 65.8 Å². The molecule has 0 saturated carbocycles. The summed E-state index contributed by atoms with van der Waals surface area (Å²) in [6, 6.07) is 20.2. The number of fused-ring (bicyclic) bond motifs is 1. The number of thiophene rings is 1. The summed E-state index contributed by atoms with van der Waals surface area (Å²) in [6.45, 7) is 4.24. The van der Waals surface area contributed by atoms with Crippen molar-refractivity contribution < 1.29 is 14.3 Å². The highest BCUT2D eigenvalue weighted by atomic mass is 32.2. The Hall–Kier alpha value is -3.34. The number of para-hydroxylation sites is 1. The minimum absolute atomic E-state index is 0.128. The van der Waals surface area contributed by atoms with E-state index in [2.05, 4.69) is 21.2 Å². The molecular weight excluding hydrogens is 494 g/mol. The number of carbonyl (C=O) groups is 1. The minimum Gasteiger partial charge on any atom is -0.454 e. The molecule has 1 saturated heterocycles. The number of amides is 1. The van der Waals surface area contributed by atoms with Gasteiger partial charge in [0, 0.05) is 38.4 Å². The van der Waals surface area contributed by atoms with Gasteiger partial charge in [-0.05, 0) is 41.3 Å². The number of hydrogen-bond acceptors (Lipinski definition) is 8. The molecule has 36 heavy (non-hydrogen) atoms. The van der Waals surface area contributed by atoms with Crippen molar-refractivity contribution in [2.45, 2.75) is 11.7 Å². The normalized spacial score (nSPS) is 15.4. The average Bonchev–Trinajstić information content (AvgIpc) is 3.69. The summed E-state index contributed by atoms with van der Waals surface area (Å²) in [5.74, 6) is 2.87. The molecule has 0 N–H and O–H groups in total. The maximum Gasteiger partial charge on any atom is 0.233 e. The number of nitrogens with zero attached hydrogens (tertiary/aromatic N) is 5. The summed E-state index contributed by atoms with van der Waals surface area (Å²) in [5, 5.41) is 11.6. The lowest BCUT2D eigenvalue weighted by molar-refractivity contribution is -0.130. The van der Waals surface area contributed by atoms with E-state index in [0.29, 0.717) is 5.75 Å². The second kappa shape index (κ2) is 10.3. The Balaban J connectivity index is 1.07. The van der Waals surface area contributed by atoms with Gasteiger partial charge in [0.25, 0.3) is 0 Å². The van der Waals surface area contributed by atoms with Crippen LogP contribution in [-0.4, -0.2) is 69.2 Å². The van der Waals surface area contributed by atoms with Crippen LogP contribution in [0.2, 0.25) is 0 Å². The first-order valence-corrected chi connectivity index (χ1v) is 13.7. The van der Waals surface area contributed by atoms with Crippen LogP contribution >= 0.6 is 23.1 Å². The van der Waals surface area contributed by atoms with Crippen molar-refractivity contribution in [3.05, 3.63) is 71.6 Å². The Bertz CT molecular complexity index is 1340. The van der Waals surface area contributed by atoms with Gasteiger partial charge < -0.3 is 14.4 Å². The van der Waals surface area contributed by atoms with Crippen LogP contribution in [0.1, 0.15) is 5.56 Å². The molecule has 4 aromatic rings. The van der Waals surface area contributed by atoms with Gasteiger partial charge >= 0.3 is 0 Å². The maximum atomic E-state index is 13.0. The molecule has 0 bridgehead atoms. The van der Waals surface area contributed by atoms with Gasteiger partial charge in [0.15, 0.2) is 22.5 Å². The Morgan fingerprint density at radius 1 is 0.944 bits per heavy atom. The third kappa shape index (κ3) is 4.84. The van der Waals surface area contributed by atoms with E-state index in [1.54, 1.807) is 11.3 Å². The zero-order valence-electron chi connectivity index (χ0n) is 19.6. The second-order valence-corrected chi connectivity index (χ2v) is 10.5. The first kappa shape index (κ1) is 23.1. The van der Waals surface area contributed by atoms with Crippen LogP contribution in [0.15, 0.2) is 71.2 Å². The molecule has 1 amide bonds. The van der Waals surface area contributed by atoms with Gasteiger partial charge in [-0.2, -0.15) is 0 Å². The summed E-state index contributed by atoms with van der Waals surface area (Å²) in [6.07, 6.45) is 0. The van der Waals surface area contributed by atoms with Crippen LogP contribution in [0.25, 0.3) is 16.4 Å². The molecule has 0 aliphatic carbocycles. The molecule has 0 atom stereocenters. The molecule has 10 heteroatoms. The lowest BCUT2D eigenvalue weighted by atomic mass is 10.1. The fourth-order valence-electron chi connectivity index (χ4n) is 4.41. The van der Waals surface area contributed by atoms with Crippen molar-refractivity contribution in [2.75, 3.05) is 38.7 Å². The average molecular weight is 520 g/mol. The molecule has 2 aromatic carbocycles. The fraction of sp³-hybridized carbons (Fsp3) is 0.269. The van der Waals surface area contributed by atoms with Crippen LogP contribution in [0.4, 0.5) is 0 Å². The van der Waals surface area contributed by atoms with Crippen LogP contribution in [0.3, 0.4) is 0 Å². The topological polar surface area (TPSA) is 72.7 Å². The Labute approximate surface area is 217 Å². The monoisotopic (exact) mass is 519 g/mol. The van der Waals surface area contributed by atoms with Crippen LogP contribution < -0.4 is 9.47 Å². The third-order valence-electron chi connectivity index (χ3n) is 6.28. The number of aromatic nitrogens is 3. The van der Waals surface area contributed by atoms with Crippen LogP contribution in [0.5, 0.6) is 11.5 Å². The number of piperazine rings is 1. The molecule has 8 nitrogen and oxygen atoms in total. The van der Waals surface area contributed by atoms with Crippen molar-refractivity contribution in [2.24, 2.45) is 0 Å². The zero-order chi connectivity index (χ0) is 24.3. The Morgan fingerprint density at radius 2 is 1.78 bits per heavy atom. The predicted molar refractivity (Wildman–Crippen MR) is 140 cm³/mol. The van der Waals surface area contributed by atoms with Crippen molar-refractivity contribution >= 4 is 29.0 Å². The zero-order valence-corrected chi connectivity index (χ0v) is 21.2. The first-order chi connectivity index (χ1) is 17.7. The standard InChI is InChI=1S/C26H25N5O3S2/c32-24(30-12-10-29(11-13-30)16-19-8-9-21-22(15-19)34-18-33-21)17-36-26-28-27-25(23-7-4-14-35-23)31(26)20-5-2-1-3-6-20/h1-9,14-15H,10-13,16-18H2. The van der Waals surface area contributed by atoms with Crippen LogP contribution in [0, 0.1) is 0 Å². The molecule has 0 radical (unpaired) electrons. The number of thioether (sulfide) groups is 1. The maximum absolute atomic E-state index is 13.0. The molecule has 4 heterocycles. The molecule has 6 rings (SSSR count). The van der Waals surface area contributed by atoms with Gasteiger partial charge in [0.1, 0.15) is 0 Å². The molecule has 0 unspecified atom stereocenters. The SMILES string of the molecule is O=C(CSc1nnc(-c2cccs2)n1-c1ccccc1)N1CCN(Cc2ccc3c(c2)OCO3)CC1. The molecular formula is C26H25N5O3S2. The molecule has 2 aliphatic heterocycles. The summed E-state index contributed by atoms with van der Waals surface area (Å²) in [4.78, 5) is 18.4. The molecule has 1 fully saturated rings. The van der Waals surface area contributed by atoms with E-state index in [9.17, 15) is 4.79 Å². The Morgan fingerprint density at radius 3 is 2.58 bits per heavy atom. The quantitative estimate of drug-likeness (QED) is 0.340. The molecule has 2 aromatic heterocycles. The van der Waals surface area contributed by atoms with Crippen LogP contribution in [-0.2, 0) is 11.3 Å². The predicted octanol–water partition coefficient (Wildman–Crippen LogP) is 4.16. The van der Waals surface area contributed by atoms with Gasteiger partial charge in [0.2, 0.25) is 12.7 Å². The summed E-state index contributed by atoms with van der Waals surface area (Å²) in [7, 11) is 0. The van der Waals surface area contributed by atoms with Gasteiger partial charge in [-0.25, -0.2) is 0 Å². The van der Waals surface area contributed by atoms with E-state index in [-0.39, 0.29) is 12.7 Å². The first-order valence-electron chi connectivity index (χ1n) is 11.8. The number of carbonyl (C=O) groups excluding carboxylic acids is 1. The number of ether oxygens (including phenoxy) is 2. The van der Waals surface area contributed by atoms with E-state index in [1.165, 1.54) is 17.3 Å². The highest BCUT2D eigenvalue weighted by Crippen LogP contribution is 2.33. The smallest absolute Gasteiger partial charge is 0.233 e. The van der Waals surface area contributed by atoms with Crippen molar-refractivity contribution in [3.63, 3.8) is 0 Å². The lowest BCUT2D eigenvalue weighted by Crippen LogP contribution is -2.48. The number of rotatable bonds is 7. The second-order valence-electron chi connectivity index (χ2n) is 8.59. The van der Waals surface area contributed by atoms with Crippen molar-refractivity contribution in [1.29, 1.82) is 0 Å². The molecule has 2 aliphatic rings. The highest BCUT2D eigenvalue weighted by molar-refractivity contribution is 7.99. The molecule has 184 valence electrons. The van der Waals surface area contributed by atoms with E-state index in [4.69, 9.17) is 9.47 Å². The summed E-state index contributed by atoms with van der Waals surface area (Å²) < 4.78 is 12.9. The van der Waals surface area contributed by atoms with Crippen molar-refractivity contribution in [1.82, 2.24) is 24.6 Å². The largest absolute Gasteiger partial charge is 0.454 e. The van der Waals surface area contributed by atoms with Gasteiger partial charge in [-0.1, -0.05) is 42.1 Å². The van der Waals surface area contributed by atoms with Gasteiger partial charge in [0.05, 0.1) is 10.6 Å². The Kier molecular flexibility index (Phi) is 6.63. The fourth-order valence-corrected chi connectivity index (χ4v) is 5.96. The van der Waals surface area contributed by atoms with E-state index in [1.807, 2.05) is 69.4 Å². The summed E-state index contributed by atoms with van der Waals surface area (Å²) >= 11 is 3.07. The molecule has 0 spiro atoms. The van der Waals surface area contributed by atoms with Gasteiger partial charge in [-0.15, -0.1) is 21.5 Å². The van der Waals surface area contributed by atoms with E-state index < -0.39 is 0 Å². The number of benzene rings is 2. The van der Waals surface area contributed by atoms with E-state index >= 15 is 0 Å². The minimum atomic E-state index is 0.128. The highest BCUT2D eigenvalue weighted by Gasteiger charge is 2.24. The number of hydrogen-bond donors (Lipinski definition) is 0.